The van der Waals surface area contributed by atoms with E-state index in [4.69, 9.17) is 9.47 Å². The Morgan fingerprint density at radius 3 is 2.71 bits per heavy atom. The number of rotatable bonds is 10. The van der Waals surface area contributed by atoms with E-state index in [2.05, 4.69) is 10.6 Å². The van der Waals surface area contributed by atoms with Gasteiger partial charge in [-0.1, -0.05) is 12.1 Å². The lowest BCUT2D eigenvalue weighted by Crippen LogP contribution is -2.33. The van der Waals surface area contributed by atoms with E-state index in [1.54, 1.807) is 7.11 Å². The fourth-order valence-corrected chi connectivity index (χ4v) is 1.79. The Morgan fingerprint density at radius 2 is 1.95 bits per heavy atom. The van der Waals surface area contributed by atoms with Crippen LogP contribution < -0.4 is 15.4 Å². The van der Waals surface area contributed by atoms with Gasteiger partial charge in [0.15, 0.2) is 0 Å². The van der Waals surface area contributed by atoms with Crippen molar-refractivity contribution >= 4 is 5.91 Å². The minimum Gasteiger partial charge on any atom is -0.493 e. The molecule has 0 atom stereocenters. The molecule has 0 spiro atoms. The van der Waals surface area contributed by atoms with Gasteiger partial charge in [-0.3, -0.25) is 4.79 Å². The van der Waals surface area contributed by atoms with Crippen molar-refractivity contribution in [2.24, 2.45) is 0 Å². The molecule has 2 N–H and O–H groups in total. The molecule has 0 radical (unpaired) electrons. The van der Waals surface area contributed by atoms with E-state index >= 15 is 0 Å². The van der Waals surface area contributed by atoms with E-state index in [1.165, 1.54) is 0 Å². The summed E-state index contributed by atoms with van der Waals surface area (Å²) in [5.74, 6) is 0.859. The second-order valence-corrected chi connectivity index (χ2v) is 4.96. The summed E-state index contributed by atoms with van der Waals surface area (Å²) in [6, 6.07) is 6.06. The molecule has 0 saturated carbocycles. The summed E-state index contributed by atoms with van der Waals surface area (Å²) < 4.78 is 10.6. The summed E-state index contributed by atoms with van der Waals surface area (Å²) in [6.45, 7) is 7.25. The second-order valence-electron chi connectivity index (χ2n) is 4.96. The van der Waals surface area contributed by atoms with Gasteiger partial charge in [-0.25, -0.2) is 0 Å². The monoisotopic (exact) mass is 294 g/mol. The maximum Gasteiger partial charge on any atom is 0.223 e. The maximum atomic E-state index is 11.6. The van der Waals surface area contributed by atoms with Crippen molar-refractivity contribution in [1.29, 1.82) is 0 Å². The molecule has 1 amide bonds. The van der Waals surface area contributed by atoms with Crippen molar-refractivity contribution in [3.8, 4) is 5.75 Å². The van der Waals surface area contributed by atoms with Gasteiger partial charge in [0.25, 0.3) is 0 Å². The molecule has 21 heavy (non-hydrogen) atoms. The summed E-state index contributed by atoms with van der Waals surface area (Å²) in [7, 11) is 1.67. The molecular formula is C16H26N2O3. The lowest BCUT2D eigenvalue weighted by atomic mass is 10.1. The fourth-order valence-electron chi connectivity index (χ4n) is 1.79. The predicted octanol–water partition coefficient (Wildman–Crippen LogP) is 1.42. The molecule has 118 valence electrons. The van der Waals surface area contributed by atoms with Crippen molar-refractivity contribution in [1.82, 2.24) is 10.6 Å². The van der Waals surface area contributed by atoms with Crippen LogP contribution in [0.5, 0.6) is 5.75 Å². The average Bonchev–Trinajstić information content (AvgIpc) is 2.46. The predicted molar refractivity (Wildman–Crippen MR) is 83.8 cm³/mol. The Bertz CT molecular complexity index is 436. The highest BCUT2D eigenvalue weighted by Gasteiger charge is 2.03. The summed E-state index contributed by atoms with van der Waals surface area (Å²) >= 11 is 0. The van der Waals surface area contributed by atoms with E-state index < -0.39 is 0 Å². The van der Waals surface area contributed by atoms with Gasteiger partial charge >= 0.3 is 0 Å². The van der Waals surface area contributed by atoms with Crippen LogP contribution in [0, 0.1) is 13.8 Å². The number of carbonyl (C=O) groups is 1. The first-order chi connectivity index (χ1) is 10.1. The highest BCUT2D eigenvalue weighted by molar-refractivity contribution is 5.75. The van der Waals surface area contributed by atoms with Gasteiger partial charge < -0.3 is 20.1 Å². The van der Waals surface area contributed by atoms with Gasteiger partial charge in [0, 0.05) is 26.7 Å². The molecule has 0 saturated heterocycles. The Hall–Kier alpha value is -1.59. The van der Waals surface area contributed by atoms with Crippen molar-refractivity contribution in [2.75, 3.05) is 40.0 Å². The van der Waals surface area contributed by atoms with Gasteiger partial charge in [0.2, 0.25) is 5.91 Å². The quantitative estimate of drug-likeness (QED) is 0.641. The second kappa shape index (κ2) is 10.2. The van der Waals surface area contributed by atoms with Crippen LogP contribution in [-0.2, 0) is 9.53 Å². The Kier molecular flexibility index (Phi) is 8.47. The third-order valence-corrected chi connectivity index (χ3v) is 3.04. The van der Waals surface area contributed by atoms with Crippen molar-refractivity contribution < 1.29 is 14.3 Å². The molecule has 1 aromatic rings. The molecular weight excluding hydrogens is 268 g/mol. The number of carbonyl (C=O) groups excluding carboxylic acids is 1. The van der Waals surface area contributed by atoms with Gasteiger partial charge in [-0.15, -0.1) is 0 Å². The van der Waals surface area contributed by atoms with Gasteiger partial charge in [0.1, 0.15) is 5.75 Å². The Balaban J connectivity index is 2.12. The first-order valence-electron chi connectivity index (χ1n) is 7.30. The number of amides is 1. The lowest BCUT2D eigenvalue weighted by Gasteiger charge is -2.10. The lowest BCUT2D eigenvalue weighted by molar-refractivity contribution is -0.121. The largest absolute Gasteiger partial charge is 0.493 e. The van der Waals surface area contributed by atoms with Crippen molar-refractivity contribution in [2.45, 2.75) is 20.3 Å². The van der Waals surface area contributed by atoms with Crippen molar-refractivity contribution in [3.63, 3.8) is 0 Å². The minimum absolute atomic E-state index is 0.00819. The smallest absolute Gasteiger partial charge is 0.223 e. The van der Waals surface area contributed by atoms with Crippen LogP contribution in [0.15, 0.2) is 18.2 Å². The van der Waals surface area contributed by atoms with E-state index in [0.29, 0.717) is 26.2 Å². The fraction of sp³-hybridized carbons (Fsp3) is 0.562. The van der Waals surface area contributed by atoms with E-state index in [-0.39, 0.29) is 5.91 Å². The molecule has 0 heterocycles. The summed E-state index contributed by atoms with van der Waals surface area (Å²) in [6.07, 6.45) is 0.367. The summed E-state index contributed by atoms with van der Waals surface area (Å²) in [5, 5.41) is 6.02. The van der Waals surface area contributed by atoms with E-state index in [1.807, 2.05) is 32.0 Å². The zero-order valence-corrected chi connectivity index (χ0v) is 13.2. The molecule has 0 aromatic heterocycles. The van der Waals surface area contributed by atoms with Crippen molar-refractivity contribution in [3.05, 3.63) is 29.3 Å². The van der Waals surface area contributed by atoms with Gasteiger partial charge in [-0.05, 0) is 31.0 Å². The topological polar surface area (TPSA) is 59.6 Å². The third-order valence-electron chi connectivity index (χ3n) is 3.04. The number of ether oxygens (including phenoxy) is 2. The van der Waals surface area contributed by atoms with Gasteiger partial charge in [-0.2, -0.15) is 0 Å². The van der Waals surface area contributed by atoms with Crippen LogP contribution >= 0.6 is 0 Å². The minimum atomic E-state index is 0.00819. The first kappa shape index (κ1) is 17.5. The molecule has 1 rings (SSSR count). The third kappa shape index (κ3) is 7.68. The van der Waals surface area contributed by atoms with Crippen LogP contribution in [0.4, 0.5) is 0 Å². The number of hydrogen-bond donors (Lipinski definition) is 2. The molecule has 0 unspecified atom stereocenters. The standard InChI is InChI=1S/C16H26N2O3/c1-13-4-5-14(2)15(12-13)21-10-6-16(19)18-8-7-17-9-11-20-3/h4-5,12,17H,6-11H2,1-3H3,(H,18,19). The highest BCUT2D eigenvalue weighted by atomic mass is 16.5. The number of benzene rings is 1. The molecule has 1 aromatic carbocycles. The summed E-state index contributed by atoms with van der Waals surface area (Å²) in [4.78, 5) is 11.6. The Labute approximate surface area is 127 Å². The Morgan fingerprint density at radius 1 is 1.14 bits per heavy atom. The number of nitrogens with one attached hydrogen (secondary N) is 2. The molecule has 0 aliphatic heterocycles. The zero-order valence-electron chi connectivity index (χ0n) is 13.2. The maximum absolute atomic E-state index is 11.6. The SMILES string of the molecule is COCCNCCNC(=O)CCOc1cc(C)ccc1C. The number of aryl methyl sites for hydroxylation is 2. The molecule has 0 aliphatic carbocycles. The molecule has 0 aliphatic rings. The number of methoxy groups -OCH3 is 1. The average molecular weight is 294 g/mol. The molecule has 5 heteroatoms. The van der Waals surface area contributed by atoms with Crippen LogP contribution in [-0.4, -0.2) is 45.9 Å². The molecule has 0 fully saturated rings. The normalized spacial score (nSPS) is 10.4. The summed E-state index contributed by atoms with van der Waals surface area (Å²) in [5.41, 5.74) is 2.24. The van der Waals surface area contributed by atoms with Crippen LogP contribution in [0.3, 0.4) is 0 Å². The van der Waals surface area contributed by atoms with Gasteiger partial charge in [0.05, 0.1) is 19.6 Å². The van der Waals surface area contributed by atoms with Crippen LogP contribution in [0.1, 0.15) is 17.5 Å². The van der Waals surface area contributed by atoms with Crippen LogP contribution in [0.25, 0.3) is 0 Å². The first-order valence-corrected chi connectivity index (χ1v) is 7.30. The molecule has 5 nitrogen and oxygen atoms in total. The van der Waals surface area contributed by atoms with E-state index in [0.717, 1.165) is 30.0 Å². The highest BCUT2D eigenvalue weighted by Crippen LogP contribution is 2.19. The van der Waals surface area contributed by atoms with Crippen LogP contribution in [0.2, 0.25) is 0 Å². The molecule has 0 bridgehead atoms. The number of hydrogen-bond acceptors (Lipinski definition) is 4. The van der Waals surface area contributed by atoms with E-state index in [9.17, 15) is 4.79 Å². The zero-order chi connectivity index (χ0) is 15.5.